The average molecular weight is 389 g/mol. The molecule has 1 aliphatic heterocycles. The number of furan rings is 1. The van der Waals surface area contributed by atoms with Gasteiger partial charge in [-0.1, -0.05) is 0 Å². The van der Waals surface area contributed by atoms with Crippen molar-refractivity contribution in [3.8, 4) is 0 Å². The van der Waals surface area contributed by atoms with Gasteiger partial charge < -0.3 is 18.8 Å². The number of aliphatic carboxylic acids is 1. The molecular formula is C17H22F3N3O4. The highest BCUT2D eigenvalue weighted by atomic mass is 19.4. The van der Waals surface area contributed by atoms with E-state index in [9.17, 15) is 13.2 Å². The Morgan fingerprint density at radius 2 is 2.19 bits per heavy atom. The fourth-order valence-electron chi connectivity index (χ4n) is 2.77. The zero-order valence-corrected chi connectivity index (χ0v) is 14.9. The van der Waals surface area contributed by atoms with Crippen molar-refractivity contribution in [2.45, 2.75) is 32.7 Å². The summed E-state index contributed by atoms with van der Waals surface area (Å²) in [5.74, 6) is -1.13. The van der Waals surface area contributed by atoms with Crippen LogP contribution in [0.3, 0.4) is 0 Å². The number of halogens is 3. The van der Waals surface area contributed by atoms with E-state index >= 15 is 0 Å². The second kappa shape index (κ2) is 9.56. The first kappa shape index (κ1) is 21.0. The Labute approximate surface area is 154 Å². The van der Waals surface area contributed by atoms with E-state index in [-0.39, 0.29) is 0 Å². The summed E-state index contributed by atoms with van der Waals surface area (Å²) >= 11 is 0. The first-order chi connectivity index (χ1) is 12.8. The van der Waals surface area contributed by atoms with Gasteiger partial charge in [0.2, 0.25) is 0 Å². The van der Waals surface area contributed by atoms with Crippen LogP contribution in [0.15, 0.2) is 35.4 Å². The van der Waals surface area contributed by atoms with Gasteiger partial charge in [-0.15, -0.1) is 0 Å². The summed E-state index contributed by atoms with van der Waals surface area (Å²) in [6.45, 7) is 7.40. The zero-order chi connectivity index (χ0) is 19.9. The van der Waals surface area contributed by atoms with Crippen LogP contribution in [-0.4, -0.2) is 51.5 Å². The standard InChI is InChI=1S/C15H21N3O2.C2HF3O2/c1-2-19-12-14-8-17(7-13-3-6-20-11-13)10-15-16-4-5-18(15)9-14;3-2(4,5)1(6)7/h3-6,11,14H,2,7-10,12H2,1H3;(H,6,7). The van der Waals surface area contributed by atoms with Gasteiger partial charge in [0.05, 0.1) is 25.7 Å². The number of rotatable bonds is 5. The average Bonchev–Trinajstić information content (AvgIpc) is 3.22. The molecule has 0 radical (unpaired) electrons. The molecule has 0 aliphatic carbocycles. The minimum Gasteiger partial charge on any atom is -0.475 e. The van der Waals surface area contributed by atoms with E-state index in [1.807, 2.05) is 25.5 Å². The number of alkyl halides is 3. The summed E-state index contributed by atoms with van der Waals surface area (Å²) in [4.78, 5) is 15.8. The molecule has 150 valence electrons. The van der Waals surface area contributed by atoms with Crippen molar-refractivity contribution in [3.05, 3.63) is 42.4 Å². The Hall–Kier alpha value is -2.33. The number of aromatic nitrogens is 2. The molecule has 2 aromatic rings. The Bertz CT molecular complexity index is 701. The van der Waals surface area contributed by atoms with E-state index < -0.39 is 12.1 Å². The van der Waals surface area contributed by atoms with E-state index in [1.54, 1.807) is 6.26 Å². The van der Waals surface area contributed by atoms with E-state index in [0.717, 1.165) is 45.2 Å². The molecule has 3 rings (SSSR count). The molecular weight excluding hydrogens is 367 g/mol. The maximum absolute atomic E-state index is 10.6. The van der Waals surface area contributed by atoms with Crippen molar-refractivity contribution in [1.82, 2.24) is 14.5 Å². The topological polar surface area (TPSA) is 80.7 Å². The minimum absolute atomic E-state index is 0.498. The first-order valence-electron chi connectivity index (χ1n) is 8.40. The van der Waals surface area contributed by atoms with Crippen LogP contribution in [0.2, 0.25) is 0 Å². The maximum Gasteiger partial charge on any atom is 0.490 e. The lowest BCUT2D eigenvalue weighted by atomic mass is 10.1. The quantitative estimate of drug-likeness (QED) is 0.847. The third kappa shape index (κ3) is 6.72. The van der Waals surface area contributed by atoms with Crippen LogP contribution in [0.25, 0.3) is 0 Å². The van der Waals surface area contributed by atoms with Crippen molar-refractivity contribution in [3.63, 3.8) is 0 Å². The molecule has 0 aromatic carbocycles. The summed E-state index contributed by atoms with van der Waals surface area (Å²) in [5.41, 5.74) is 1.21. The fraction of sp³-hybridized carbons (Fsp3) is 0.529. The Morgan fingerprint density at radius 1 is 1.44 bits per heavy atom. The number of carbonyl (C=O) groups is 1. The molecule has 10 heteroatoms. The van der Waals surface area contributed by atoms with Gasteiger partial charge in [-0.3, -0.25) is 4.90 Å². The molecule has 0 spiro atoms. The summed E-state index contributed by atoms with van der Waals surface area (Å²) in [7, 11) is 0. The lowest BCUT2D eigenvalue weighted by Gasteiger charge is -2.23. The van der Waals surface area contributed by atoms with Gasteiger partial charge in [0, 0.05) is 50.1 Å². The number of carboxylic acid groups (broad SMARTS) is 1. The zero-order valence-electron chi connectivity index (χ0n) is 14.9. The molecule has 1 unspecified atom stereocenters. The number of imidazole rings is 1. The number of ether oxygens (including phenoxy) is 1. The first-order valence-corrected chi connectivity index (χ1v) is 8.40. The van der Waals surface area contributed by atoms with Gasteiger partial charge in [-0.25, -0.2) is 9.78 Å². The molecule has 1 atom stereocenters. The highest BCUT2D eigenvalue weighted by molar-refractivity contribution is 5.73. The second-order valence-corrected chi connectivity index (χ2v) is 6.13. The third-order valence-corrected chi connectivity index (χ3v) is 3.92. The summed E-state index contributed by atoms with van der Waals surface area (Å²) < 4.78 is 44.8. The van der Waals surface area contributed by atoms with Gasteiger partial charge in [-0.05, 0) is 13.0 Å². The van der Waals surface area contributed by atoms with E-state index in [4.69, 9.17) is 19.1 Å². The van der Waals surface area contributed by atoms with Crippen LogP contribution in [0.5, 0.6) is 0 Å². The van der Waals surface area contributed by atoms with Crippen LogP contribution in [0, 0.1) is 5.92 Å². The monoisotopic (exact) mass is 389 g/mol. The van der Waals surface area contributed by atoms with Crippen LogP contribution in [0.4, 0.5) is 13.2 Å². The van der Waals surface area contributed by atoms with Crippen LogP contribution < -0.4 is 0 Å². The minimum atomic E-state index is -5.08. The molecule has 27 heavy (non-hydrogen) atoms. The van der Waals surface area contributed by atoms with Crippen molar-refractivity contribution in [2.75, 3.05) is 19.8 Å². The van der Waals surface area contributed by atoms with Crippen molar-refractivity contribution < 1.29 is 32.2 Å². The Kier molecular flexibility index (Phi) is 7.43. The molecule has 2 aromatic heterocycles. The number of hydrogen-bond acceptors (Lipinski definition) is 5. The highest BCUT2D eigenvalue weighted by Gasteiger charge is 2.38. The van der Waals surface area contributed by atoms with Gasteiger partial charge in [0.25, 0.3) is 0 Å². The van der Waals surface area contributed by atoms with Crippen LogP contribution in [0.1, 0.15) is 18.3 Å². The largest absolute Gasteiger partial charge is 0.490 e. The molecule has 0 fully saturated rings. The van der Waals surface area contributed by atoms with Crippen molar-refractivity contribution in [2.24, 2.45) is 5.92 Å². The highest BCUT2D eigenvalue weighted by Crippen LogP contribution is 2.18. The maximum atomic E-state index is 10.6. The van der Waals surface area contributed by atoms with E-state index in [2.05, 4.69) is 20.6 Å². The molecule has 0 amide bonds. The lowest BCUT2D eigenvalue weighted by Crippen LogP contribution is -2.30. The predicted molar refractivity (Wildman–Crippen MR) is 88.7 cm³/mol. The molecule has 7 nitrogen and oxygen atoms in total. The van der Waals surface area contributed by atoms with Gasteiger partial charge in [0.1, 0.15) is 5.82 Å². The summed E-state index contributed by atoms with van der Waals surface area (Å²) in [5, 5.41) is 7.12. The number of fused-ring (bicyclic) bond motifs is 1. The van der Waals surface area contributed by atoms with Crippen LogP contribution in [-0.2, 0) is 29.2 Å². The lowest BCUT2D eigenvalue weighted by molar-refractivity contribution is -0.192. The van der Waals surface area contributed by atoms with Gasteiger partial charge in [0.15, 0.2) is 0 Å². The molecule has 3 heterocycles. The second-order valence-electron chi connectivity index (χ2n) is 6.13. The summed E-state index contributed by atoms with van der Waals surface area (Å²) in [6.07, 6.45) is 2.41. The number of hydrogen-bond donors (Lipinski definition) is 1. The van der Waals surface area contributed by atoms with Crippen LogP contribution >= 0.6 is 0 Å². The number of carboxylic acids is 1. The molecule has 0 saturated heterocycles. The number of nitrogens with zero attached hydrogens (tertiary/aromatic N) is 3. The smallest absolute Gasteiger partial charge is 0.475 e. The Morgan fingerprint density at radius 3 is 2.78 bits per heavy atom. The van der Waals surface area contributed by atoms with Gasteiger partial charge >= 0.3 is 12.1 Å². The third-order valence-electron chi connectivity index (χ3n) is 3.92. The summed E-state index contributed by atoms with van der Waals surface area (Å²) in [6, 6.07) is 2.02. The Balaban J connectivity index is 0.000000321. The molecule has 1 N–H and O–H groups in total. The normalized spacial score (nSPS) is 17.6. The van der Waals surface area contributed by atoms with E-state index in [1.165, 1.54) is 5.56 Å². The van der Waals surface area contributed by atoms with Crippen molar-refractivity contribution >= 4 is 5.97 Å². The van der Waals surface area contributed by atoms with Crippen molar-refractivity contribution in [1.29, 1.82) is 0 Å². The molecule has 0 saturated carbocycles. The fourth-order valence-corrected chi connectivity index (χ4v) is 2.77. The van der Waals surface area contributed by atoms with E-state index in [0.29, 0.717) is 5.92 Å². The van der Waals surface area contributed by atoms with Gasteiger partial charge in [-0.2, -0.15) is 13.2 Å². The predicted octanol–water partition coefficient (Wildman–Crippen LogP) is 2.78. The molecule has 1 aliphatic rings. The SMILES string of the molecule is CCOCC1CN(Cc2ccoc2)Cc2nccn2C1.O=C(O)C(F)(F)F. The molecule has 0 bridgehead atoms.